The number of hydrogen-bond donors (Lipinski definition) is 1. The Hall–Kier alpha value is -2.39. The second-order valence-electron chi connectivity index (χ2n) is 8.03. The third-order valence-corrected chi connectivity index (χ3v) is 5.76. The van der Waals surface area contributed by atoms with Gasteiger partial charge in [0, 0.05) is 31.4 Å². The second-order valence-corrected chi connectivity index (χ2v) is 9.94. The lowest BCUT2D eigenvalue weighted by Crippen LogP contribution is -2.40. The number of amidine groups is 1. The quantitative estimate of drug-likeness (QED) is 0.333. The molecule has 194 valence electrons. The standard InChI is InChI=1S/C19H29N5O3S.2C3H8/c1-6-17(13-21-15(3)20)14(2)18-7-8-24(28(5,25)26)19(18)22-16(4)23-9-11-27-12-10-23;2*1-3-2/h6,13H,2-3,7-12,20H2,1,4-5H3;2*3H2,1-2H3/b17-6+,21-13-,22-16+;;. The van der Waals surface area contributed by atoms with Crippen molar-refractivity contribution in [2.24, 2.45) is 15.7 Å². The number of nitrogens with zero attached hydrogens (tertiary/aromatic N) is 4. The highest BCUT2D eigenvalue weighted by Crippen LogP contribution is 2.33. The average Bonchev–Trinajstić information content (AvgIpc) is 3.19. The monoisotopic (exact) mass is 495 g/mol. The molecule has 8 nitrogen and oxygen atoms in total. The summed E-state index contributed by atoms with van der Waals surface area (Å²) < 4.78 is 31.3. The van der Waals surface area contributed by atoms with Crippen molar-refractivity contribution >= 4 is 22.1 Å². The van der Waals surface area contributed by atoms with Gasteiger partial charge in [0.1, 0.15) is 17.5 Å². The summed E-state index contributed by atoms with van der Waals surface area (Å²) in [5.74, 6) is 1.35. The van der Waals surface area contributed by atoms with Gasteiger partial charge in [0.15, 0.2) is 0 Å². The number of rotatable bonds is 6. The van der Waals surface area contributed by atoms with Crippen molar-refractivity contribution in [2.75, 3.05) is 39.1 Å². The maximum atomic E-state index is 12.3. The zero-order valence-electron chi connectivity index (χ0n) is 22.2. The molecule has 2 aliphatic rings. The minimum absolute atomic E-state index is 0.187. The van der Waals surface area contributed by atoms with Crippen LogP contribution in [0.1, 0.15) is 60.8 Å². The van der Waals surface area contributed by atoms with Gasteiger partial charge in [-0.2, -0.15) is 0 Å². The smallest absolute Gasteiger partial charge is 0.233 e. The molecular formula is C25H45N5O3S. The van der Waals surface area contributed by atoms with E-state index in [0.717, 1.165) is 30.1 Å². The van der Waals surface area contributed by atoms with Crippen LogP contribution in [0.25, 0.3) is 0 Å². The van der Waals surface area contributed by atoms with E-state index >= 15 is 0 Å². The molecule has 34 heavy (non-hydrogen) atoms. The predicted octanol–water partition coefficient (Wildman–Crippen LogP) is 4.45. The lowest BCUT2D eigenvalue weighted by Gasteiger charge is -2.29. The molecule has 2 heterocycles. The summed E-state index contributed by atoms with van der Waals surface area (Å²) in [7, 11) is -3.46. The molecule has 0 aromatic rings. The van der Waals surface area contributed by atoms with Crippen LogP contribution in [-0.4, -0.2) is 68.8 Å². The molecular weight excluding hydrogens is 450 g/mol. The molecule has 1 saturated heterocycles. The highest BCUT2D eigenvalue weighted by Gasteiger charge is 2.31. The lowest BCUT2D eigenvalue weighted by atomic mass is 9.99. The maximum Gasteiger partial charge on any atom is 0.233 e. The molecule has 0 aromatic carbocycles. The van der Waals surface area contributed by atoms with Gasteiger partial charge in [-0.25, -0.2) is 18.4 Å². The van der Waals surface area contributed by atoms with E-state index < -0.39 is 10.0 Å². The van der Waals surface area contributed by atoms with Crippen LogP contribution in [0.15, 0.2) is 57.6 Å². The van der Waals surface area contributed by atoms with Gasteiger partial charge >= 0.3 is 0 Å². The van der Waals surface area contributed by atoms with Crippen molar-refractivity contribution in [3.8, 4) is 0 Å². The molecule has 2 aliphatic heterocycles. The number of ether oxygens (including phenoxy) is 1. The molecule has 0 spiro atoms. The van der Waals surface area contributed by atoms with Gasteiger partial charge in [0.2, 0.25) is 10.0 Å². The minimum Gasteiger partial charge on any atom is -0.384 e. The Kier molecular flexibility index (Phi) is 15.1. The van der Waals surface area contributed by atoms with Crippen LogP contribution in [0.5, 0.6) is 0 Å². The normalized spacial score (nSPS) is 17.3. The second kappa shape index (κ2) is 16.3. The Labute approximate surface area is 207 Å². The first kappa shape index (κ1) is 31.6. The van der Waals surface area contributed by atoms with E-state index in [-0.39, 0.29) is 5.82 Å². The number of sulfonamides is 1. The highest BCUT2D eigenvalue weighted by atomic mass is 32.2. The summed E-state index contributed by atoms with van der Waals surface area (Å²) in [5.41, 5.74) is 7.71. The Morgan fingerprint density at radius 1 is 1.12 bits per heavy atom. The maximum absolute atomic E-state index is 12.3. The van der Waals surface area contributed by atoms with E-state index in [4.69, 9.17) is 15.5 Å². The zero-order chi connectivity index (χ0) is 26.3. The Morgan fingerprint density at radius 3 is 2.09 bits per heavy atom. The highest BCUT2D eigenvalue weighted by molar-refractivity contribution is 7.88. The molecule has 0 radical (unpaired) electrons. The first-order chi connectivity index (χ1) is 16.0. The van der Waals surface area contributed by atoms with E-state index in [2.05, 4.69) is 50.7 Å². The van der Waals surface area contributed by atoms with Gasteiger partial charge in [-0.3, -0.25) is 4.31 Å². The first-order valence-electron chi connectivity index (χ1n) is 11.9. The van der Waals surface area contributed by atoms with Crippen LogP contribution >= 0.6 is 0 Å². The fourth-order valence-corrected chi connectivity index (χ4v) is 3.97. The van der Waals surface area contributed by atoms with Crippen molar-refractivity contribution in [1.82, 2.24) is 9.21 Å². The first-order valence-corrected chi connectivity index (χ1v) is 13.8. The molecule has 0 unspecified atom stereocenters. The van der Waals surface area contributed by atoms with E-state index in [1.165, 1.54) is 23.4 Å². The van der Waals surface area contributed by atoms with Gasteiger partial charge in [0.05, 0.1) is 19.5 Å². The van der Waals surface area contributed by atoms with Gasteiger partial charge in [0.25, 0.3) is 0 Å². The van der Waals surface area contributed by atoms with Crippen molar-refractivity contribution in [2.45, 2.75) is 60.8 Å². The van der Waals surface area contributed by atoms with Crippen molar-refractivity contribution < 1.29 is 13.2 Å². The van der Waals surface area contributed by atoms with Crippen molar-refractivity contribution in [3.05, 3.63) is 47.6 Å². The number of allylic oxidation sites excluding steroid dienone is 3. The third kappa shape index (κ3) is 10.7. The van der Waals surface area contributed by atoms with Gasteiger partial charge in [-0.05, 0) is 31.4 Å². The fourth-order valence-electron chi connectivity index (χ4n) is 3.08. The molecule has 2 N–H and O–H groups in total. The summed E-state index contributed by atoms with van der Waals surface area (Å²) in [6.45, 7) is 23.0. The largest absolute Gasteiger partial charge is 0.384 e. The van der Waals surface area contributed by atoms with Crippen LogP contribution in [0.4, 0.5) is 0 Å². The third-order valence-electron chi connectivity index (χ3n) is 4.60. The number of aliphatic imine (C=N–C) groups is 2. The summed E-state index contributed by atoms with van der Waals surface area (Å²) in [4.78, 5) is 10.8. The molecule has 0 saturated carbocycles. The molecule has 0 aromatic heterocycles. The molecule has 0 amide bonds. The van der Waals surface area contributed by atoms with Crippen LogP contribution in [0, 0.1) is 0 Å². The lowest BCUT2D eigenvalue weighted by molar-refractivity contribution is 0.0677. The minimum atomic E-state index is -3.46. The molecule has 1 fully saturated rings. The van der Waals surface area contributed by atoms with E-state index in [0.29, 0.717) is 37.6 Å². The topological polar surface area (TPSA) is 101 Å². The van der Waals surface area contributed by atoms with E-state index in [9.17, 15) is 8.42 Å². The molecule has 2 rings (SSSR count). The van der Waals surface area contributed by atoms with Gasteiger partial charge in [-0.1, -0.05) is 59.8 Å². The Morgan fingerprint density at radius 2 is 1.65 bits per heavy atom. The van der Waals surface area contributed by atoms with E-state index in [1.54, 1.807) is 6.21 Å². The van der Waals surface area contributed by atoms with Crippen LogP contribution < -0.4 is 5.73 Å². The summed E-state index contributed by atoms with van der Waals surface area (Å²) >= 11 is 0. The van der Waals surface area contributed by atoms with Crippen LogP contribution in [-0.2, 0) is 14.8 Å². The van der Waals surface area contributed by atoms with Gasteiger partial charge in [-0.15, -0.1) is 0 Å². The summed E-state index contributed by atoms with van der Waals surface area (Å²) in [6, 6.07) is 0. The van der Waals surface area contributed by atoms with Crippen molar-refractivity contribution in [3.63, 3.8) is 0 Å². The number of morpholine rings is 1. The SMILES string of the molecule is C=C(N)/N=C\C(=C/C)C(=C)C1=C(/N=C(\C)N2CCOCC2)N(S(C)(=O)=O)CC1.CCC.CCC. The summed E-state index contributed by atoms with van der Waals surface area (Å²) in [6.07, 6.45) is 7.64. The molecule has 0 aliphatic carbocycles. The summed E-state index contributed by atoms with van der Waals surface area (Å²) in [5, 5.41) is 0. The van der Waals surface area contributed by atoms with Crippen molar-refractivity contribution in [1.29, 1.82) is 0 Å². The molecule has 0 atom stereocenters. The number of hydrogen-bond acceptors (Lipinski definition) is 6. The van der Waals surface area contributed by atoms with Gasteiger partial charge < -0.3 is 15.4 Å². The number of nitrogens with two attached hydrogens (primary N) is 1. The predicted molar refractivity (Wildman–Crippen MR) is 145 cm³/mol. The van der Waals surface area contributed by atoms with E-state index in [1.807, 2.05) is 19.9 Å². The zero-order valence-corrected chi connectivity index (χ0v) is 23.0. The Bertz CT molecular complexity index is 894. The van der Waals surface area contributed by atoms with Crippen LogP contribution in [0.2, 0.25) is 0 Å². The average molecular weight is 496 g/mol. The molecule has 9 heteroatoms. The fraction of sp³-hybridized carbons (Fsp3) is 0.600. The Balaban J connectivity index is 0.00000164. The van der Waals surface area contributed by atoms with Crippen LogP contribution in [0.3, 0.4) is 0 Å². The molecule has 0 bridgehead atoms.